The Morgan fingerprint density at radius 2 is 2.04 bits per heavy atom. The summed E-state index contributed by atoms with van der Waals surface area (Å²) in [6.45, 7) is 4.63. The maximum Gasteiger partial charge on any atom is 0.273 e. The summed E-state index contributed by atoms with van der Waals surface area (Å²) in [6.07, 6.45) is 1.41. The van der Waals surface area contributed by atoms with Crippen LogP contribution < -0.4 is 10.1 Å². The largest absolute Gasteiger partial charge is 0.476 e. The second-order valence-corrected chi connectivity index (χ2v) is 6.30. The van der Waals surface area contributed by atoms with Crippen LogP contribution in [0.4, 0.5) is 11.4 Å². The summed E-state index contributed by atoms with van der Waals surface area (Å²) >= 11 is 0. The van der Waals surface area contributed by atoms with Gasteiger partial charge < -0.3 is 14.8 Å². The van der Waals surface area contributed by atoms with Gasteiger partial charge in [-0.2, -0.15) is 0 Å². The molecule has 0 saturated carbocycles. The highest BCUT2D eigenvalue weighted by molar-refractivity contribution is 5.92. The molecule has 0 atom stereocenters. The first-order chi connectivity index (χ1) is 13.6. The van der Waals surface area contributed by atoms with Gasteiger partial charge in [0.15, 0.2) is 0 Å². The van der Waals surface area contributed by atoms with E-state index in [0.717, 1.165) is 32.8 Å². The molecule has 28 heavy (non-hydrogen) atoms. The quantitative estimate of drug-likeness (QED) is 0.545. The number of nitro groups is 1. The first-order valence-corrected chi connectivity index (χ1v) is 9.03. The third kappa shape index (κ3) is 5.73. The first kappa shape index (κ1) is 19.7. The molecule has 9 nitrogen and oxygen atoms in total. The molecule has 0 radical (unpaired) electrons. The van der Waals surface area contributed by atoms with E-state index in [1.165, 1.54) is 12.3 Å². The van der Waals surface area contributed by atoms with Crippen molar-refractivity contribution < 1.29 is 19.2 Å². The molecule has 1 N–H and O–H groups in total. The number of hydrogen-bond donors (Lipinski definition) is 1. The standard InChI is InChI=1S/C19H22N4O5/c24-18(13-15-3-1-2-4-17(15)23(25)26)21-16-5-6-19(20-14-16)28-12-9-22-7-10-27-11-8-22/h1-6,14H,7-13H2,(H,21,24). The molecule has 0 spiro atoms. The third-order valence-electron chi connectivity index (χ3n) is 4.32. The number of nitrogens with zero attached hydrogens (tertiary/aromatic N) is 3. The van der Waals surface area contributed by atoms with Gasteiger partial charge >= 0.3 is 0 Å². The summed E-state index contributed by atoms with van der Waals surface area (Å²) < 4.78 is 10.9. The zero-order valence-corrected chi connectivity index (χ0v) is 15.4. The lowest BCUT2D eigenvalue weighted by Gasteiger charge is -2.26. The molecule has 1 aromatic carbocycles. The number of nitrogens with one attached hydrogen (secondary N) is 1. The molecule has 1 aliphatic rings. The highest BCUT2D eigenvalue weighted by Gasteiger charge is 2.15. The minimum atomic E-state index is -0.493. The van der Waals surface area contributed by atoms with Gasteiger partial charge in [0.1, 0.15) is 6.61 Å². The number of pyridine rings is 1. The number of anilines is 1. The number of hydrogen-bond acceptors (Lipinski definition) is 7. The SMILES string of the molecule is O=C(Cc1ccccc1[N+](=O)[O-])Nc1ccc(OCCN2CCOCC2)nc1. The summed E-state index contributed by atoms with van der Waals surface area (Å²) in [5.74, 6) is 0.127. The molecule has 1 aliphatic heterocycles. The maximum absolute atomic E-state index is 12.2. The van der Waals surface area contributed by atoms with Gasteiger partial charge in [0, 0.05) is 37.3 Å². The molecule has 148 valence electrons. The molecular formula is C19H22N4O5. The molecule has 0 bridgehead atoms. The van der Waals surface area contributed by atoms with Gasteiger partial charge in [-0.25, -0.2) is 4.98 Å². The average Bonchev–Trinajstić information content (AvgIpc) is 2.70. The molecule has 1 amide bonds. The average molecular weight is 386 g/mol. The van der Waals surface area contributed by atoms with E-state index in [4.69, 9.17) is 9.47 Å². The zero-order valence-electron chi connectivity index (χ0n) is 15.4. The molecular weight excluding hydrogens is 364 g/mol. The van der Waals surface area contributed by atoms with Gasteiger partial charge in [-0.15, -0.1) is 0 Å². The van der Waals surface area contributed by atoms with Crippen molar-refractivity contribution >= 4 is 17.3 Å². The lowest BCUT2D eigenvalue weighted by atomic mass is 10.1. The molecule has 1 saturated heterocycles. The summed E-state index contributed by atoms with van der Waals surface area (Å²) in [5, 5.41) is 13.7. The van der Waals surface area contributed by atoms with E-state index in [9.17, 15) is 14.9 Å². The van der Waals surface area contributed by atoms with E-state index >= 15 is 0 Å². The van der Waals surface area contributed by atoms with Gasteiger partial charge in [-0.05, 0) is 6.07 Å². The number of carbonyl (C=O) groups excluding carboxylic acids is 1. The predicted octanol–water partition coefficient (Wildman–Crippen LogP) is 1.88. The first-order valence-electron chi connectivity index (χ1n) is 9.03. The molecule has 2 heterocycles. The predicted molar refractivity (Wildman–Crippen MR) is 102 cm³/mol. The zero-order chi connectivity index (χ0) is 19.8. The van der Waals surface area contributed by atoms with Crippen LogP contribution in [-0.4, -0.2) is 60.2 Å². The van der Waals surface area contributed by atoms with Gasteiger partial charge in [0.05, 0.1) is 36.4 Å². The highest BCUT2D eigenvalue weighted by Crippen LogP contribution is 2.19. The van der Waals surface area contributed by atoms with Crippen molar-refractivity contribution in [2.75, 3.05) is 44.8 Å². The lowest BCUT2D eigenvalue weighted by molar-refractivity contribution is -0.385. The Labute approximate surface area is 162 Å². The number of morpholine rings is 1. The van der Waals surface area contributed by atoms with Crippen LogP contribution in [0.1, 0.15) is 5.56 Å². The van der Waals surface area contributed by atoms with Crippen molar-refractivity contribution in [2.24, 2.45) is 0 Å². The monoisotopic (exact) mass is 386 g/mol. The molecule has 2 aromatic rings. The summed E-state index contributed by atoms with van der Waals surface area (Å²) in [7, 11) is 0. The summed E-state index contributed by atoms with van der Waals surface area (Å²) in [6, 6.07) is 9.56. The van der Waals surface area contributed by atoms with E-state index in [1.807, 2.05) is 0 Å². The number of carbonyl (C=O) groups is 1. The summed E-state index contributed by atoms with van der Waals surface area (Å²) in [4.78, 5) is 29.2. The van der Waals surface area contributed by atoms with E-state index in [-0.39, 0.29) is 18.0 Å². The Balaban J connectivity index is 1.47. The van der Waals surface area contributed by atoms with E-state index in [1.54, 1.807) is 30.3 Å². The summed E-state index contributed by atoms with van der Waals surface area (Å²) in [5.41, 5.74) is 0.796. The Bertz CT molecular complexity index is 806. The van der Waals surface area contributed by atoms with Gasteiger partial charge in [0.2, 0.25) is 11.8 Å². The minimum Gasteiger partial charge on any atom is -0.476 e. The van der Waals surface area contributed by atoms with Crippen molar-refractivity contribution in [1.82, 2.24) is 9.88 Å². The van der Waals surface area contributed by atoms with Crippen LogP contribution in [-0.2, 0) is 16.0 Å². The second-order valence-electron chi connectivity index (χ2n) is 6.30. The van der Waals surface area contributed by atoms with Crippen molar-refractivity contribution in [3.05, 3.63) is 58.3 Å². The van der Waals surface area contributed by atoms with E-state index < -0.39 is 4.92 Å². The van der Waals surface area contributed by atoms with Crippen molar-refractivity contribution in [3.63, 3.8) is 0 Å². The fraction of sp³-hybridized carbons (Fsp3) is 0.368. The number of aromatic nitrogens is 1. The molecule has 0 aliphatic carbocycles. The molecule has 9 heteroatoms. The van der Waals surface area contributed by atoms with Crippen LogP contribution in [0, 0.1) is 10.1 Å². The number of amides is 1. The van der Waals surface area contributed by atoms with E-state index in [2.05, 4.69) is 15.2 Å². The Hall–Kier alpha value is -3.04. The minimum absolute atomic E-state index is 0.0696. The van der Waals surface area contributed by atoms with Gasteiger partial charge in [-0.3, -0.25) is 19.8 Å². The van der Waals surface area contributed by atoms with Crippen LogP contribution in [0.5, 0.6) is 5.88 Å². The Morgan fingerprint density at radius 1 is 1.25 bits per heavy atom. The molecule has 3 rings (SSSR count). The number of para-hydroxylation sites is 1. The molecule has 0 unspecified atom stereocenters. The normalized spacial score (nSPS) is 14.4. The third-order valence-corrected chi connectivity index (χ3v) is 4.32. The number of nitro benzene ring substituents is 1. The number of ether oxygens (including phenoxy) is 2. The smallest absolute Gasteiger partial charge is 0.273 e. The molecule has 1 fully saturated rings. The van der Waals surface area contributed by atoms with Crippen LogP contribution >= 0.6 is 0 Å². The Morgan fingerprint density at radius 3 is 2.75 bits per heavy atom. The van der Waals surface area contributed by atoms with Gasteiger partial charge in [-0.1, -0.05) is 18.2 Å². The topological polar surface area (TPSA) is 107 Å². The number of rotatable bonds is 8. The maximum atomic E-state index is 12.2. The van der Waals surface area contributed by atoms with Crippen molar-refractivity contribution in [1.29, 1.82) is 0 Å². The Kier molecular flexibility index (Phi) is 6.88. The van der Waals surface area contributed by atoms with Crippen molar-refractivity contribution in [3.8, 4) is 5.88 Å². The fourth-order valence-corrected chi connectivity index (χ4v) is 2.86. The van der Waals surface area contributed by atoms with Crippen LogP contribution in [0.25, 0.3) is 0 Å². The highest BCUT2D eigenvalue weighted by atomic mass is 16.6. The number of benzene rings is 1. The van der Waals surface area contributed by atoms with Crippen molar-refractivity contribution in [2.45, 2.75) is 6.42 Å². The van der Waals surface area contributed by atoms with Crippen LogP contribution in [0.15, 0.2) is 42.6 Å². The van der Waals surface area contributed by atoms with Crippen LogP contribution in [0.2, 0.25) is 0 Å². The lowest BCUT2D eigenvalue weighted by Crippen LogP contribution is -2.38. The van der Waals surface area contributed by atoms with E-state index in [0.29, 0.717) is 23.7 Å². The van der Waals surface area contributed by atoms with Crippen LogP contribution in [0.3, 0.4) is 0 Å². The molecule has 1 aromatic heterocycles. The fourth-order valence-electron chi connectivity index (χ4n) is 2.86. The second kappa shape index (κ2) is 9.77. The van der Waals surface area contributed by atoms with Gasteiger partial charge in [0.25, 0.3) is 5.69 Å².